The summed E-state index contributed by atoms with van der Waals surface area (Å²) in [6.07, 6.45) is 2.37. The zero-order valence-electron chi connectivity index (χ0n) is 16.0. The minimum absolute atomic E-state index is 0.0188. The molecule has 0 rings (SSSR count). The van der Waals surface area contributed by atoms with Crippen molar-refractivity contribution in [2.75, 3.05) is 17.8 Å². The van der Waals surface area contributed by atoms with Crippen LogP contribution >= 0.6 is 24.4 Å². The van der Waals surface area contributed by atoms with Crippen molar-refractivity contribution in [1.29, 1.82) is 0 Å². The molecule has 4 atom stereocenters. The number of carboxylic acids is 1. The first-order valence-corrected chi connectivity index (χ1v) is 10.6. The average molecular weight is 423 g/mol. The second-order valence-electron chi connectivity index (χ2n) is 6.43. The summed E-state index contributed by atoms with van der Waals surface area (Å²) in [6.45, 7) is 4.75. The number of carboxylic acid groups (broad SMARTS) is 1. The van der Waals surface area contributed by atoms with E-state index in [1.807, 2.05) is 6.26 Å². The average Bonchev–Trinajstić information content (AvgIpc) is 2.60. The van der Waals surface area contributed by atoms with Crippen molar-refractivity contribution in [3.63, 3.8) is 0 Å². The molecule has 0 bridgehead atoms. The van der Waals surface area contributed by atoms with Crippen LogP contribution in [0.4, 0.5) is 0 Å². The summed E-state index contributed by atoms with van der Waals surface area (Å²) in [5, 5.41) is 16.5. The minimum Gasteiger partial charge on any atom is -0.480 e. The van der Waals surface area contributed by atoms with Gasteiger partial charge in [0.1, 0.15) is 18.1 Å². The molecule has 0 aromatic heterocycles. The molecule has 6 N–H and O–H groups in total. The molecule has 0 spiro atoms. The fourth-order valence-electron chi connectivity index (χ4n) is 2.02. The second-order valence-corrected chi connectivity index (χ2v) is 7.78. The molecule has 0 heterocycles. The van der Waals surface area contributed by atoms with E-state index in [1.54, 1.807) is 25.6 Å². The third kappa shape index (κ3) is 9.34. The largest absolute Gasteiger partial charge is 0.480 e. The predicted molar refractivity (Wildman–Crippen MR) is 109 cm³/mol. The Kier molecular flexibility index (Phi) is 12.1. The third-order valence-corrected chi connectivity index (χ3v) is 4.78. The van der Waals surface area contributed by atoms with E-state index in [2.05, 4.69) is 28.6 Å². The number of rotatable bonds is 12. The fourth-order valence-corrected chi connectivity index (χ4v) is 2.77. The van der Waals surface area contributed by atoms with Crippen LogP contribution in [-0.4, -0.2) is 70.7 Å². The lowest BCUT2D eigenvalue weighted by molar-refractivity contribution is -0.143. The number of nitrogens with one attached hydrogen (secondary N) is 3. The molecule has 156 valence electrons. The molecule has 0 aliphatic rings. The summed E-state index contributed by atoms with van der Waals surface area (Å²) in [6, 6.07) is -3.75. The van der Waals surface area contributed by atoms with Crippen LogP contribution in [0.25, 0.3) is 0 Å². The topological polar surface area (TPSA) is 151 Å². The van der Waals surface area contributed by atoms with Gasteiger partial charge in [-0.2, -0.15) is 24.4 Å². The van der Waals surface area contributed by atoms with Gasteiger partial charge in [-0.15, -0.1) is 0 Å². The van der Waals surface area contributed by atoms with E-state index in [9.17, 15) is 19.2 Å². The number of thiol groups is 1. The van der Waals surface area contributed by atoms with Crippen molar-refractivity contribution in [2.24, 2.45) is 11.7 Å². The van der Waals surface area contributed by atoms with Crippen LogP contribution in [0, 0.1) is 5.92 Å². The number of carbonyl (C=O) groups excluding carboxylic acids is 3. The van der Waals surface area contributed by atoms with Crippen LogP contribution in [0.3, 0.4) is 0 Å². The van der Waals surface area contributed by atoms with Crippen molar-refractivity contribution in [3.05, 3.63) is 0 Å². The molecule has 4 unspecified atom stereocenters. The first-order valence-electron chi connectivity index (χ1n) is 8.54. The van der Waals surface area contributed by atoms with Crippen LogP contribution in [0.5, 0.6) is 0 Å². The molecule has 27 heavy (non-hydrogen) atoms. The van der Waals surface area contributed by atoms with Crippen molar-refractivity contribution in [1.82, 2.24) is 16.0 Å². The molecular formula is C16H30N4O5S2. The van der Waals surface area contributed by atoms with E-state index in [0.717, 1.165) is 0 Å². The first kappa shape index (κ1) is 25.5. The maximum absolute atomic E-state index is 12.3. The van der Waals surface area contributed by atoms with E-state index in [1.165, 1.54) is 6.92 Å². The molecular weight excluding hydrogens is 392 g/mol. The van der Waals surface area contributed by atoms with Crippen LogP contribution in [0.15, 0.2) is 0 Å². The highest BCUT2D eigenvalue weighted by atomic mass is 32.2. The first-order chi connectivity index (χ1) is 12.5. The van der Waals surface area contributed by atoms with Gasteiger partial charge in [0, 0.05) is 5.75 Å². The van der Waals surface area contributed by atoms with Gasteiger partial charge in [0.15, 0.2) is 0 Å². The van der Waals surface area contributed by atoms with Crippen LogP contribution in [0.2, 0.25) is 0 Å². The lowest BCUT2D eigenvalue weighted by Crippen LogP contribution is -2.57. The lowest BCUT2D eigenvalue weighted by atomic mass is 10.0. The van der Waals surface area contributed by atoms with Crippen molar-refractivity contribution in [3.8, 4) is 0 Å². The highest BCUT2D eigenvalue weighted by Crippen LogP contribution is 2.03. The highest BCUT2D eigenvalue weighted by Gasteiger charge is 2.28. The number of amides is 3. The summed E-state index contributed by atoms with van der Waals surface area (Å²) in [5.74, 6) is -2.45. The molecule has 0 fully saturated rings. The number of carbonyl (C=O) groups is 4. The monoisotopic (exact) mass is 422 g/mol. The zero-order chi connectivity index (χ0) is 21.1. The van der Waals surface area contributed by atoms with Gasteiger partial charge in [-0.1, -0.05) is 13.8 Å². The molecule has 0 aliphatic carbocycles. The Hall–Kier alpha value is -1.46. The molecule has 0 aromatic rings. The van der Waals surface area contributed by atoms with Gasteiger partial charge in [-0.25, -0.2) is 4.79 Å². The quantitative estimate of drug-likeness (QED) is 0.226. The second kappa shape index (κ2) is 12.8. The molecule has 9 nitrogen and oxygen atoms in total. The van der Waals surface area contributed by atoms with Gasteiger partial charge in [-0.05, 0) is 31.3 Å². The number of thioether (sulfide) groups is 1. The Labute approximate surface area is 169 Å². The number of aliphatic carboxylic acids is 1. The van der Waals surface area contributed by atoms with Crippen LogP contribution in [-0.2, 0) is 19.2 Å². The molecule has 0 aliphatic heterocycles. The van der Waals surface area contributed by atoms with Crippen LogP contribution < -0.4 is 21.7 Å². The third-order valence-electron chi connectivity index (χ3n) is 3.77. The Bertz CT molecular complexity index is 533. The predicted octanol–water partition coefficient (Wildman–Crippen LogP) is -0.788. The van der Waals surface area contributed by atoms with E-state index in [-0.39, 0.29) is 11.7 Å². The van der Waals surface area contributed by atoms with E-state index < -0.39 is 47.9 Å². The smallest absolute Gasteiger partial charge is 0.326 e. The van der Waals surface area contributed by atoms with Gasteiger partial charge in [0.2, 0.25) is 17.7 Å². The van der Waals surface area contributed by atoms with Gasteiger partial charge in [0.05, 0.1) is 6.04 Å². The SMILES string of the molecule is CSCCC(N)C(=O)NC(CS)C(=O)NC(C)C(=O)NC(C(=O)O)C(C)C. The zero-order valence-corrected chi connectivity index (χ0v) is 17.7. The molecule has 0 saturated heterocycles. The van der Waals surface area contributed by atoms with Crippen molar-refractivity contribution in [2.45, 2.75) is 51.4 Å². The maximum atomic E-state index is 12.3. The molecule has 0 saturated carbocycles. The molecule has 3 amide bonds. The summed E-state index contributed by atoms with van der Waals surface area (Å²) in [7, 11) is 0. The summed E-state index contributed by atoms with van der Waals surface area (Å²) >= 11 is 5.61. The van der Waals surface area contributed by atoms with Gasteiger partial charge in [-0.3, -0.25) is 14.4 Å². The summed E-state index contributed by atoms with van der Waals surface area (Å²) in [5.41, 5.74) is 5.77. The Morgan fingerprint density at radius 3 is 2.07 bits per heavy atom. The van der Waals surface area contributed by atoms with E-state index in [4.69, 9.17) is 10.8 Å². The Morgan fingerprint density at radius 1 is 1.04 bits per heavy atom. The lowest BCUT2D eigenvalue weighted by Gasteiger charge is -2.23. The summed E-state index contributed by atoms with van der Waals surface area (Å²) in [4.78, 5) is 47.6. The minimum atomic E-state index is -1.16. The number of nitrogens with two attached hydrogens (primary N) is 1. The highest BCUT2D eigenvalue weighted by molar-refractivity contribution is 7.98. The normalized spacial score (nSPS) is 15.4. The van der Waals surface area contributed by atoms with E-state index in [0.29, 0.717) is 12.2 Å². The molecule has 0 radical (unpaired) electrons. The summed E-state index contributed by atoms with van der Waals surface area (Å²) < 4.78 is 0. The van der Waals surface area contributed by atoms with E-state index >= 15 is 0 Å². The van der Waals surface area contributed by atoms with Crippen LogP contribution in [0.1, 0.15) is 27.2 Å². The number of hydrogen-bond acceptors (Lipinski definition) is 7. The fraction of sp³-hybridized carbons (Fsp3) is 0.750. The van der Waals surface area contributed by atoms with Gasteiger partial charge in [0.25, 0.3) is 0 Å². The van der Waals surface area contributed by atoms with Crippen molar-refractivity contribution >= 4 is 48.1 Å². The molecule has 11 heteroatoms. The van der Waals surface area contributed by atoms with Gasteiger partial charge < -0.3 is 26.8 Å². The number of hydrogen-bond donors (Lipinski definition) is 6. The van der Waals surface area contributed by atoms with Crippen molar-refractivity contribution < 1.29 is 24.3 Å². The Balaban J connectivity index is 4.74. The van der Waals surface area contributed by atoms with Gasteiger partial charge >= 0.3 is 5.97 Å². The standard InChI is InChI=1S/C16H30N4O5S2/c1-8(2)12(16(24)25)20-13(21)9(3)18-15(23)11(7-26)19-14(22)10(17)5-6-27-4/h8-12,26H,5-7,17H2,1-4H3,(H,18,23)(H,19,22)(H,20,21)(H,24,25). The maximum Gasteiger partial charge on any atom is 0.326 e. The molecule has 0 aromatic carbocycles. The Morgan fingerprint density at radius 2 is 1.63 bits per heavy atom.